The predicted molar refractivity (Wildman–Crippen MR) is 417 cm³/mol. The van der Waals surface area contributed by atoms with Crippen LogP contribution in [0.3, 0.4) is 0 Å². The molecule has 0 fully saturated rings. The number of nitrogens with two attached hydrogens (primary N) is 1. The van der Waals surface area contributed by atoms with E-state index >= 15 is 0 Å². The molecule has 0 spiro atoms. The molecule has 1 aliphatic heterocycles. The molecule has 4 aromatic carbocycles. The fraction of sp³-hybridized carbons (Fsp3) is 0.387. The molecule has 592 valence electrons. The van der Waals surface area contributed by atoms with E-state index in [1.54, 1.807) is 61.5 Å². The van der Waals surface area contributed by atoms with Crippen LogP contribution in [0, 0.1) is 34.0 Å². The normalized spacial score (nSPS) is 11.3. The maximum absolute atomic E-state index is 11.9. The van der Waals surface area contributed by atoms with Crippen molar-refractivity contribution in [3.05, 3.63) is 144 Å². The summed E-state index contributed by atoms with van der Waals surface area (Å²) in [6, 6.07) is 40.8. The number of amides is 2. The summed E-state index contributed by atoms with van der Waals surface area (Å²) in [4.78, 5) is 90.8. The summed E-state index contributed by atoms with van der Waals surface area (Å²) >= 11 is 10.6. The average molecular weight is 1720 g/mol. The SMILES string of the molecule is C.CN(CCCCl)C(=O)OC(C)(C)C.CN(CCCOc1ccc2nc(C#N)ccc2c1)C(=O)OC(C)(C)C.CNCCCOc1ccc2nc(C#N)ccc2c1.CNCCCOc1ccc2nc(C3=N[C@@H](C(=O)O)CS3)ccc2c1.N#Cc1ccc2cc(O)ccc2n1.N[C@H](CS)C(=O)O.O=CO[O-].O=CO[O-].[H-].[H-].[K+].[K+].[K+].[K+]. The van der Waals surface area contributed by atoms with Crippen LogP contribution in [-0.4, -0.2) is 202 Å². The van der Waals surface area contributed by atoms with Crippen LogP contribution in [0.15, 0.2) is 126 Å². The summed E-state index contributed by atoms with van der Waals surface area (Å²) in [6.07, 6.45) is 2.78. The third-order valence-corrected chi connectivity index (χ3v) is 15.1. The molecule has 2 amide bonds. The van der Waals surface area contributed by atoms with Crippen LogP contribution in [-0.2, 0) is 38.4 Å². The Morgan fingerprint density at radius 3 is 1.29 bits per heavy atom. The Kier molecular flexibility index (Phi) is 66.7. The first kappa shape index (κ1) is 115. The number of aromatic hydroxyl groups is 1. The fourth-order valence-corrected chi connectivity index (χ4v) is 9.52. The number of thiol groups is 1. The number of ether oxygens (including phenoxy) is 5. The van der Waals surface area contributed by atoms with Crippen molar-refractivity contribution in [1.82, 2.24) is 40.4 Å². The van der Waals surface area contributed by atoms with E-state index < -0.39 is 35.2 Å². The van der Waals surface area contributed by atoms with Gasteiger partial charge in [0.2, 0.25) is 0 Å². The zero-order valence-electron chi connectivity index (χ0n) is 67.5. The number of phenolic OH excluding ortho intramolecular Hbond substituents is 1. The van der Waals surface area contributed by atoms with Crippen molar-refractivity contribution in [2.45, 2.75) is 97.9 Å². The second-order valence-corrected chi connectivity index (χ2v) is 26.1. The Morgan fingerprint density at radius 2 is 0.973 bits per heavy atom. The average Bonchev–Trinajstić information content (AvgIpc) is 1.81. The number of aliphatic carboxylic acids is 2. The number of carboxylic acid groups (broad SMARTS) is 2. The number of carbonyl (C=O) groups excluding carboxylic acids is 4. The van der Waals surface area contributed by atoms with Crippen molar-refractivity contribution in [3.8, 4) is 41.2 Å². The number of phenols is 1. The first-order chi connectivity index (χ1) is 51.4. The number of aliphatic imine (C=N–C) groups is 1. The van der Waals surface area contributed by atoms with Crippen LogP contribution in [0.4, 0.5) is 9.59 Å². The maximum Gasteiger partial charge on any atom is 1.00 e. The molecule has 31 nitrogen and oxygen atoms in total. The number of nitrogens with zero attached hydrogens (tertiary/aromatic N) is 10. The van der Waals surface area contributed by atoms with Gasteiger partial charge in [0.1, 0.15) is 80.6 Å². The summed E-state index contributed by atoms with van der Waals surface area (Å²) in [5, 5.41) is 79.9. The molecular weight excluding hydrogens is 1630 g/mol. The third-order valence-electron chi connectivity index (χ3n) is 13.4. The maximum atomic E-state index is 11.9. The Balaban J connectivity index is -0.000000309. The topological polar surface area (TPSA) is 466 Å². The molecule has 7 N–H and O–H groups in total. The Labute approximate surface area is 846 Å². The Bertz CT molecular complexity index is 4340. The number of thioether (sulfide) groups is 1. The summed E-state index contributed by atoms with van der Waals surface area (Å²) in [5.74, 6) is 1.93. The second kappa shape index (κ2) is 65.5. The summed E-state index contributed by atoms with van der Waals surface area (Å²) in [5.41, 5.74) is 9.10. The van der Waals surface area contributed by atoms with Gasteiger partial charge in [0, 0.05) is 66.1 Å². The van der Waals surface area contributed by atoms with Crippen LogP contribution in [0.1, 0.15) is 100 Å². The molecule has 113 heavy (non-hydrogen) atoms. The van der Waals surface area contributed by atoms with Crippen molar-refractivity contribution in [2.75, 3.05) is 91.6 Å². The fourth-order valence-electron chi connectivity index (χ4n) is 8.25. The largest absolute Gasteiger partial charge is 1.00 e. The smallest absolute Gasteiger partial charge is 1.00 e. The van der Waals surface area contributed by atoms with E-state index in [2.05, 4.69) is 58.0 Å². The number of halogens is 1. The molecule has 2 atom stereocenters. The van der Waals surface area contributed by atoms with Gasteiger partial charge in [-0.25, -0.2) is 34.3 Å². The van der Waals surface area contributed by atoms with Crippen molar-refractivity contribution in [1.29, 1.82) is 15.8 Å². The molecule has 0 radical (unpaired) electrons. The second-order valence-electron chi connectivity index (χ2n) is 24.3. The quantitative estimate of drug-likeness (QED) is 0.00619. The number of rotatable bonds is 24. The number of pyridine rings is 4. The van der Waals surface area contributed by atoms with Gasteiger partial charge >= 0.3 is 230 Å². The summed E-state index contributed by atoms with van der Waals surface area (Å²) in [7, 11) is 7.27. The van der Waals surface area contributed by atoms with Crippen LogP contribution in [0.5, 0.6) is 23.0 Å². The first-order valence-corrected chi connectivity index (χ1v) is 35.2. The summed E-state index contributed by atoms with van der Waals surface area (Å²) < 4.78 is 27.5. The van der Waals surface area contributed by atoms with Gasteiger partial charge in [-0.1, -0.05) is 13.5 Å². The minimum atomic E-state index is -1.00. The van der Waals surface area contributed by atoms with Crippen molar-refractivity contribution in [2.24, 2.45) is 10.7 Å². The van der Waals surface area contributed by atoms with Crippen molar-refractivity contribution < 1.29 is 296 Å². The van der Waals surface area contributed by atoms with Gasteiger partial charge in [0.25, 0.3) is 12.9 Å². The van der Waals surface area contributed by atoms with Gasteiger partial charge in [-0.15, -0.1) is 23.4 Å². The van der Waals surface area contributed by atoms with Gasteiger partial charge in [-0.3, -0.25) is 19.4 Å². The van der Waals surface area contributed by atoms with E-state index in [4.69, 9.17) is 92.2 Å². The number of nitriles is 3. The Hall–Kier alpha value is -4.38. The van der Waals surface area contributed by atoms with Gasteiger partial charge in [0.15, 0.2) is 6.04 Å². The number of hydrogen-bond acceptors (Lipinski definition) is 29. The van der Waals surface area contributed by atoms with E-state index in [1.807, 2.05) is 153 Å². The number of carboxylic acids is 2. The van der Waals surface area contributed by atoms with Crippen LogP contribution in [0.25, 0.3) is 43.6 Å². The van der Waals surface area contributed by atoms with E-state index in [9.17, 15) is 19.2 Å². The van der Waals surface area contributed by atoms with Crippen LogP contribution in [0.2, 0.25) is 0 Å². The van der Waals surface area contributed by atoms with E-state index in [1.165, 1.54) is 16.7 Å². The minimum absolute atomic E-state index is 0. The molecule has 8 aromatic rings. The minimum Gasteiger partial charge on any atom is -1.00 e. The molecule has 5 heterocycles. The number of aromatic nitrogens is 4. The van der Waals surface area contributed by atoms with Crippen molar-refractivity contribution >= 4 is 122 Å². The monoisotopic (exact) mass is 1720 g/mol. The molecule has 0 unspecified atom stereocenters. The van der Waals surface area contributed by atoms with Crippen molar-refractivity contribution in [3.63, 3.8) is 0 Å². The van der Waals surface area contributed by atoms with Gasteiger partial charge in [0.05, 0.1) is 47.6 Å². The Morgan fingerprint density at radius 1 is 0.619 bits per heavy atom. The number of alkyl halides is 1. The van der Waals surface area contributed by atoms with E-state index in [0.29, 0.717) is 73.1 Å². The molecule has 4 aromatic heterocycles. The number of benzene rings is 4. The number of carbonyl (C=O) groups is 6. The number of fused-ring (bicyclic) bond motifs is 4. The van der Waals surface area contributed by atoms with Gasteiger partial charge in [-0.2, -0.15) is 28.4 Å². The zero-order valence-corrected chi connectivity index (χ0v) is 80.5. The molecule has 0 aliphatic carbocycles. The predicted octanol–water partition coefficient (Wildman–Crippen LogP) is -2.62. The molecule has 9 rings (SSSR count). The molecule has 1 aliphatic rings. The third kappa shape index (κ3) is 49.6. The molecule has 0 saturated carbocycles. The van der Waals surface area contributed by atoms with E-state index in [-0.39, 0.29) is 252 Å². The number of hydrogen-bond donors (Lipinski definition) is 7. The standard InChI is InChI=1S/C19H23N3O3.C17H19N3O3S.C14H15N3O.C10H6N2O.C9H18ClNO2.C3H7NO2S.2CH2O3.CH4.4K.2H/c1-19(2,3)25-18(23)22(4)10-5-11-24-16-8-9-17-14(12-16)6-7-15(13-20)21-17;1-18-7-2-8-23-12-4-6-13-11(9-12)3-5-14(19-13)16-20-15(10-24-16)17(21)22;1-16-7-2-8-18-13-5-6-14-11(9-13)3-4-12(10-15)17-14;11-6-8-2-1-7-5-9(13)3-4-10(7)12-8;1-9(2,3)13-8(12)11(4)7-5-6-10;4-2(1-7)3(5)6;2*2-1-4-3;;;;;;;/h6-9,12H,5,10-11H2,1-4H3;3-6,9,15,18H,2,7-8,10H2,1H3,(H,21,22);3-6,9,16H,2,7-8H2,1H3;1-5,13H;5-7H2,1-4H3;2,7H,1,4H2,(H,5,6);2*1,3H;1H4;;;;;;/q;;;;;;;;;4*+1;2*-1/p-2/t;15-;;;;2-;;;;;;;;;/m.1...1........./s1. The van der Waals surface area contributed by atoms with Gasteiger partial charge in [-0.05, 0) is 210 Å². The summed E-state index contributed by atoms with van der Waals surface area (Å²) in [6.45, 7) is 15.6. The molecular formula is C75H96ClK4N13O18S2. The molecule has 0 saturated heterocycles. The zero-order chi connectivity index (χ0) is 80.6. The van der Waals surface area contributed by atoms with E-state index in [0.717, 1.165) is 98.9 Å². The molecule has 38 heteroatoms. The van der Waals surface area contributed by atoms with Crippen LogP contribution < -0.4 is 247 Å². The molecule has 0 bridgehead atoms. The van der Waals surface area contributed by atoms with Crippen LogP contribution >= 0.6 is 36.0 Å². The van der Waals surface area contributed by atoms with Gasteiger partial charge < -0.3 is 88.3 Å². The first-order valence-electron chi connectivity index (χ1n) is 33.1. The number of nitrogens with one attached hydrogen (secondary N) is 2.